The number of imidazole rings is 1. The van der Waals surface area contributed by atoms with E-state index in [1.807, 2.05) is 6.33 Å². The molecule has 1 aromatic heterocycles. The van der Waals surface area contributed by atoms with Gasteiger partial charge < -0.3 is 10.3 Å². The SMILES string of the molecule is Cc1cc2ncn(C[C@@H](N)C3CC3)c2cc1C. The van der Waals surface area contributed by atoms with E-state index in [9.17, 15) is 0 Å². The largest absolute Gasteiger partial charge is 0.329 e. The van der Waals surface area contributed by atoms with Gasteiger partial charge in [0.1, 0.15) is 0 Å². The number of hydrogen-bond donors (Lipinski definition) is 1. The number of nitrogens with zero attached hydrogens (tertiary/aromatic N) is 2. The van der Waals surface area contributed by atoms with Gasteiger partial charge in [-0.15, -0.1) is 0 Å². The zero-order valence-electron chi connectivity index (χ0n) is 10.5. The van der Waals surface area contributed by atoms with Crippen LogP contribution >= 0.6 is 0 Å². The second-order valence-corrected chi connectivity index (χ2v) is 5.32. The Morgan fingerprint density at radius 1 is 1.35 bits per heavy atom. The van der Waals surface area contributed by atoms with E-state index in [2.05, 4.69) is 35.5 Å². The predicted octanol–water partition coefficient (Wildman–Crippen LogP) is 2.39. The normalized spacial score (nSPS) is 17.6. The van der Waals surface area contributed by atoms with E-state index >= 15 is 0 Å². The minimum absolute atomic E-state index is 0.286. The van der Waals surface area contributed by atoms with Gasteiger partial charge in [0.05, 0.1) is 17.4 Å². The molecule has 1 aliphatic carbocycles. The van der Waals surface area contributed by atoms with Crippen molar-refractivity contribution in [3.63, 3.8) is 0 Å². The number of aromatic nitrogens is 2. The Morgan fingerprint density at radius 3 is 2.76 bits per heavy atom. The predicted molar refractivity (Wildman–Crippen MR) is 69.9 cm³/mol. The number of rotatable bonds is 3. The summed E-state index contributed by atoms with van der Waals surface area (Å²) in [5, 5.41) is 0. The van der Waals surface area contributed by atoms with Crippen LogP contribution in [0.5, 0.6) is 0 Å². The number of aryl methyl sites for hydroxylation is 2. The average Bonchev–Trinajstić information content (AvgIpc) is 3.07. The smallest absolute Gasteiger partial charge is 0.0958 e. The van der Waals surface area contributed by atoms with Gasteiger partial charge in [-0.25, -0.2) is 4.98 Å². The molecule has 1 saturated carbocycles. The lowest BCUT2D eigenvalue weighted by Crippen LogP contribution is -2.27. The second kappa shape index (κ2) is 3.84. The Labute approximate surface area is 102 Å². The van der Waals surface area contributed by atoms with Crippen molar-refractivity contribution in [2.45, 2.75) is 39.3 Å². The molecule has 2 N–H and O–H groups in total. The summed E-state index contributed by atoms with van der Waals surface area (Å²) < 4.78 is 2.20. The van der Waals surface area contributed by atoms with Gasteiger partial charge in [0.15, 0.2) is 0 Å². The fourth-order valence-corrected chi connectivity index (χ4v) is 2.36. The summed E-state index contributed by atoms with van der Waals surface area (Å²) in [5.74, 6) is 0.735. The molecule has 0 amide bonds. The van der Waals surface area contributed by atoms with Crippen LogP contribution in [0.3, 0.4) is 0 Å². The molecule has 1 atom stereocenters. The van der Waals surface area contributed by atoms with Gasteiger partial charge in [0.25, 0.3) is 0 Å². The minimum atomic E-state index is 0.286. The maximum atomic E-state index is 6.18. The lowest BCUT2D eigenvalue weighted by molar-refractivity contribution is 0.510. The fourth-order valence-electron chi connectivity index (χ4n) is 2.36. The summed E-state index contributed by atoms with van der Waals surface area (Å²) in [5.41, 5.74) is 11.1. The van der Waals surface area contributed by atoms with Crippen molar-refractivity contribution in [2.75, 3.05) is 0 Å². The van der Waals surface area contributed by atoms with E-state index in [4.69, 9.17) is 5.73 Å². The van der Waals surface area contributed by atoms with Gasteiger partial charge in [-0.05, 0) is 55.9 Å². The zero-order chi connectivity index (χ0) is 12.0. The summed E-state index contributed by atoms with van der Waals surface area (Å²) in [4.78, 5) is 4.46. The molecule has 1 aromatic carbocycles. The molecule has 1 aliphatic rings. The van der Waals surface area contributed by atoms with E-state index in [-0.39, 0.29) is 6.04 Å². The Morgan fingerprint density at radius 2 is 2.06 bits per heavy atom. The van der Waals surface area contributed by atoms with Crippen LogP contribution in [0.4, 0.5) is 0 Å². The fraction of sp³-hybridized carbons (Fsp3) is 0.500. The van der Waals surface area contributed by atoms with E-state index in [1.54, 1.807) is 0 Å². The van der Waals surface area contributed by atoms with Crippen LogP contribution in [-0.4, -0.2) is 15.6 Å². The topological polar surface area (TPSA) is 43.8 Å². The van der Waals surface area contributed by atoms with Crippen LogP contribution in [0.2, 0.25) is 0 Å². The van der Waals surface area contributed by atoms with Crippen LogP contribution in [0.1, 0.15) is 24.0 Å². The highest BCUT2D eigenvalue weighted by Gasteiger charge is 2.28. The lowest BCUT2D eigenvalue weighted by Gasteiger charge is -2.12. The third kappa shape index (κ3) is 1.95. The molecule has 1 heterocycles. The summed E-state index contributed by atoms with van der Waals surface area (Å²) in [6.07, 6.45) is 4.52. The molecule has 2 aromatic rings. The molecule has 17 heavy (non-hydrogen) atoms. The maximum absolute atomic E-state index is 6.18. The molecule has 0 bridgehead atoms. The molecule has 3 heteroatoms. The third-order valence-electron chi connectivity index (χ3n) is 3.87. The zero-order valence-corrected chi connectivity index (χ0v) is 10.5. The maximum Gasteiger partial charge on any atom is 0.0958 e. The molecule has 0 saturated heterocycles. The van der Waals surface area contributed by atoms with E-state index in [1.165, 1.54) is 29.5 Å². The van der Waals surface area contributed by atoms with Gasteiger partial charge in [-0.3, -0.25) is 0 Å². The summed E-state index contributed by atoms with van der Waals surface area (Å²) >= 11 is 0. The molecule has 3 nitrogen and oxygen atoms in total. The van der Waals surface area contributed by atoms with E-state index in [0.29, 0.717) is 0 Å². The molecule has 0 radical (unpaired) electrons. The van der Waals surface area contributed by atoms with Crippen LogP contribution < -0.4 is 5.73 Å². The molecule has 3 rings (SSSR count). The van der Waals surface area contributed by atoms with Gasteiger partial charge in [-0.1, -0.05) is 0 Å². The van der Waals surface area contributed by atoms with Crippen molar-refractivity contribution < 1.29 is 0 Å². The minimum Gasteiger partial charge on any atom is -0.329 e. The van der Waals surface area contributed by atoms with Gasteiger partial charge >= 0.3 is 0 Å². The second-order valence-electron chi connectivity index (χ2n) is 5.32. The first-order valence-corrected chi connectivity index (χ1v) is 6.33. The van der Waals surface area contributed by atoms with Crippen LogP contribution in [0.15, 0.2) is 18.5 Å². The first-order valence-electron chi connectivity index (χ1n) is 6.33. The number of hydrogen-bond acceptors (Lipinski definition) is 2. The highest BCUT2D eigenvalue weighted by Crippen LogP contribution is 2.32. The van der Waals surface area contributed by atoms with E-state index < -0.39 is 0 Å². The Hall–Kier alpha value is -1.35. The van der Waals surface area contributed by atoms with Gasteiger partial charge in [0, 0.05) is 12.6 Å². The van der Waals surface area contributed by atoms with Crippen LogP contribution in [0.25, 0.3) is 11.0 Å². The quantitative estimate of drug-likeness (QED) is 0.878. The van der Waals surface area contributed by atoms with Crippen LogP contribution in [-0.2, 0) is 6.54 Å². The Bertz CT molecular complexity index is 552. The molecule has 0 spiro atoms. The average molecular weight is 229 g/mol. The van der Waals surface area contributed by atoms with Crippen molar-refractivity contribution in [1.29, 1.82) is 0 Å². The number of nitrogens with two attached hydrogens (primary N) is 1. The molecule has 90 valence electrons. The number of benzene rings is 1. The lowest BCUT2D eigenvalue weighted by atomic mass is 10.1. The van der Waals surface area contributed by atoms with Gasteiger partial charge in [0.2, 0.25) is 0 Å². The van der Waals surface area contributed by atoms with Crippen molar-refractivity contribution in [3.05, 3.63) is 29.6 Å². The molecular formula is C14H19N3. The highest BCUT2D eigenvalue weighted by atomic mass is 15.1. The summed E-state index contributed by atoms with van der Waals surface area (Å²) in [6, 6.07) is 4.66. The molecule has 0 aliphatic heterocycles. The first kappa shape index (κ1) is 10.8. The van der Waals surface area contributed by atoms with Crippen LogP contribution in [0, 0.1) is 19.8 Å². The summed E-state index contributed by atoms with van der Waals surface area (Å²) in [6.45, 7) is 5.17. The standard InChI is InChI=1S/C14H19N3/c1-9-5-13-14(6-10(9)2)17(8-16-13)7-12(15)11-3-4-11/h5-6,8,11-12H,3-4,7,15H2,1-2H3/t12-/m1/s1. The molecular weight excluding hydrogens is 210 g/mol. The Kier molecular flexibility index (Phi) is 2.44. The first-order chi connectivity index (χ1) is 8.15. The summed E-state index contributed by atoms with van der Waals surface area (Å²) in [7, 11) is 0. The van der Waals surface area contributed by atoms with E-state index in [0.717, 1.165) is 18.0 Å². The monoisotopic (exact) mass is 229 g/mol. The highest BCUT2D eigenvalue weighted by molar-refractivity contribution is 5.77. The van der Waals surface area contributed by atoms with Crippen molar-refractivity contribution >= 4 is 11.0 Å². The van der Waals surface area contributed by atoms with Gasteiger partial charge in [-0.2, -0.15) is 0 Å². The number of fused-ring (bicyclic) bond motifs is 1. The van der Waals surface area contributed by atoms with Crippen molar-refractivity contribution in [1.82, 2.24) is 9.55 Å². The molecule has 0 unspecified atom stereocenters. The Balaban J connectivity index is 1.96. The van der Waals surface area contributed by atoms with Crippen molar-refractivity contribution in [2.24, 2.45) is 11.7 Å². The third-order valence-corrected chi connectivity index (χ3v) is 3.87. The van der Waals surface area contributed by atoms with Crippen molar-refractivity contribution in [3.8, 4) is 0 Å². The molecule has 1 fully saturated rings.